The fourth-order valence-corrected chi connectivity index (χ4v) is 2.79. The van der Waals surface area contributed by atoms with Gasteiger partial charge in [0.1, 0.15) is 5.78 Å². The maximum absolute atomic E-state index is 11.5. The van der Waals surface area contributed by atoms with Gasteiger partial charge in [0.15, 0.2) is 0 Å². The van der Waals surface area contributed by atoms with E-state index in [2.05, 4.69) is 11.9 Å². The standard InChI is InChI=1S/C11H19NO/c1-12(9-5-2-3-6-9)10-7-4-8-11(10)13/h9-10H,2-8H2,1H3. The molecule has 0 amide bonds. The van der Waals surface area contributed by atoms with Crippen LogP contribution in [0.3, 0.4) is 0 Å². The van der Waals surface area contributed by atoms with Crippen LogP contribution in [0.5, 0.6) is 0 Å². The van der Waals surface area contributed by atoms with E-state index in [1.165, 1.54) is 25.7 Å². The summed E-state index contributed by atoms with van der Waals surface area (Å²) in [6, 6.07) is 0.968. The van der Waals surface area contributed by atoms with Crippen LogP contribution in [-0.2, 0) is 4.79 Å². The van der Waals surface area contributed by atoms with Crippen molar-refractivity contribution in [2.45, 2.75) is 57.0 Å². The third-order valence-electron chi connectivity index (χ3n) is 3.66. The van der Waals surface area contributed by atoms with Crippen LogP contribution >= 0.6 is 0 Å². The number of carbonyl (C=O) groups is 1. The number of hydrogen-bond donors (Lipinski definition) is 0. The van der Waals surface area contributed by atoms with E-state index in [9.17, 15) is 4.79 Å². The molecule has 0 heterocycles. The third kappa shape index (κ3) is 1.78. The summed E-state index contributed by atoms with van der Waals surface area (Å²) in [7, 11) is 2.14. The van der Waals surface area contributed by atoms with Gasteiger partial charge in [-0.3, -0.25) is 9.69 Å². The minimum atomic E-state index is 0.267. The van der Waals surface area contributed by atoms with Crippen molar-refractivity contribution in [3.63, 3.8) is 0 Å². The van der Waals surface area contributed by atoms with Gasteiger partial charge >= 0.3 is 0 Å². The SMILES string of the molecule is CN(C1CCCC1)C1CCCC1=O. The van der Waals surface area contributed by atoms with Crippen LogP contribution in [0, 0.1) is 0 Å². The molecule has 0 radical (unpaired) electrons. The first-order chi connectivity index (χ1) is 6.29. The Labute approximate surface area is 80.3 Å². The van der Waals surface area contributed by atoms with Gasteiger partial charge in [0, 0.05) is 12.5 Å². The fraction of sp³-hybridized carbons (Fsp3) is 0.909. The maximum atomic E-state index is 11.5. The molecule has 1 atom stereocenters. The average Bonchev–Trinajstić information content (AvgIpc) is 2.72. The van der Waals surface area contributed by atoms with Crippen LogP contribution < -0.4 is 0 Å². The van der Waals surface area contributed by atoms with Crippen LogP contribution in [0.4, 0.5) is 0 Å². The van der Waals surface area contributed by atoms with E-state index in [4.69, 9.17) is 0 Å². The zero-order valence-electron chi connectivity index (χ0n) is 8.46. The van der Waals surface area contributed by atoms with Crippen molar-refractivity contribution in [3.8, 4) is 0 Å². The summed E-state index contributed by atoms with van der Waals surface area (Å²) in [4.78, 5) is 13.9. The quantitative estimate of drug-likeness (QED) is 0.649. The van der Waals surface area contributed by atoms with Crippen molar-refractivity contribution >= 4 is 5.78 Å². The first-order valence-electron chi connectivity index (χ1n) is 5.53. The van der Waals surface area contributed by atoms with E-state index in [1.54, 1.807) is 0 Å². The van der Waals surface area contributed by atoms with E-state index in [1.807, 2.05) is 0 Å². The summed E-state index contributed by atoms with van der Waals surface area (Å²) in [6.45, 7) is 0. The molecule has 0 spiro atoms. The molecule has 2 aliphatic rings. The minimum Gasteiger partial charge on any atom is -0.298 e. The Morgan fingerprint density at radius 2 is 1.85 bits per heavy atom. The van der Waals surface area contributed by atoms with Gasteiger partial charge in [-0.1, -0.05) is 12.8 Å². The monoisotopic (exact) mass is 181 g/mol. The highest BCUT2D eigenvalue weighted by Gasteiger charge is 2.32. The van der Waals surface area contributed by atoms with Gasteiger partial charge in [-0.15, -0.1) is 0 Å². The molecule has 0 N–H and O–H groups in total. The topological polar surface area (TPSA) is 20.3 Å². The second-order valence-electron chi connectivity index (χ2n) is 4.48. The van der Waals surface area contributed by atoms with E-state index in [0.29, 0.717) is 11.8 Å². The van der Waals surface area contributed by atoms with Crippen LogP contribution in [0.15, 0.2) is 0 Å². The highest BCUT2D eigenvalue weighted by Crippen LogP contribution is 2.28. The minimum absolute atomic E-state index is 0.267. The predicted molar refractivity (Wildman–Crippen MR) is 52.7 cm³/mol. The maximum Gasteiger partial charge on any atom is 0.149 e. The Morgan fingerprint density at radius 3 is 2.38 bits per heavy atom. The number of rotatable bonds is 2. The molecular formula is C11H19NO. The van der Waals surface area contributed by atoms with Crippen LogP contribution in [0.1, 0.15) is 44.9 Å². The molecular weight excluding hydrogens is 162 g/mol. The Morgan fingerprint density at radius 1 is 1.15 bits per heavy atom. The first kappa shape index (κ1) is 9.20. The normalized spacial score (nSPS) is 30.6. The lowest BCUT2D eigenvalue weighted by atomic mass is 10.1. The second kappa shape index (κ2) is 3.79. The molecule has 0 bridgehead atoms. The molecule has 13 heavy (non-hydrogen) atoms. The van der Waals surface area contributed by atoms with E-state index < -0.39 is 0 Å². The van der Waals surface area contributed by atoms with Gasteiger partial charge in [0.2, 0.25) is 0 Å². The Balaban J connectivity index is 1.94. The Bertz CT molecular complexity index is 196. The highest BCUT2D eigenvalue weighted by atomic mass is 16.1. The van der Waals surface area contributed by atoms with Crippen molar-refractivity contribution in [2.24, 2.45) is 0 Å². The Kier molecular flexibility index (Phi) is 2.68. The summed E-state index contributed by atoms with van der Waals surface area (Å²) >= 11 is 0. The second-order valence-corrected chi connectivity index (χ2v) is 4.48. The summed E-state index contributed by atoms with van der Waals surface area (Å²) in [5, 5.41) is 0. The number of ketones is 1. The molecule has 2 heteroatoms. The molecule has 2 saturated carbocycles. The molecule has 2 fully saturated rings. The number of nitrogens with zero attached hydrogens (tertiary/aromatic N) is 1. The molecule has 2 nitrogen and oxygen atoms in total. The molecule has 0 aliphatic heterocycles. The van der Waals surface area contributed by atoms with Crippen molar-refractivity contribution in [2.75, 3.05) is 7.05 Å². The number of Topliss-reactive ketones (excluding diaryl/α,β-unsaturated/α-hetero) is 1. The average molecular weight is 181 g/mol. The number of carbonyl (C=O) groups excluding carboxylic acids is 1. The predicted octanol–water partition coefficient (Wildman–Crippen LogP) is 1.98. The summed E-state index contributed by atoms with van der Waals surface area (Å²) < 4.78 is 0. The summed E-state index contributed by atoms with van der Waals surface area (Å²) in [5.74, 6) is 0.481. The zero-order chi connectivity index (χ0) is 9.26. The van der Waals surface area contributed by atoms with Crippen molar-refractivity contribution in [1.82, 2.24) is 4.90 Å². The summed E-state index contributed by atoms with van der Waals surface area (Å²) in [6.07, 6.45) is 8.36. The van der Waals surface area contributed by atoms with E-state index >= 15 is 0 Å². The molecule has 0 aromatic rings. The largest absolute Gasteiger partial charge is 0.298 e. The summed E-state index contributed by atoms with van der Waals surface area (Å²) in [5.41, 5.74) is 0. The van der Waals surface area contributed by atoms with Gasteiger partial charge in [-0.05, 0) is 32.7 Å². The zero-order valence-corrected chi connectivity index (χ0v) is 8.46. The van der Waals surface area contributed by atoms with E-state index in [0.717, 1.165) is 19.3 Å². The Hall–Kier alpha value is -0.370. The van der Waals surface area contributed by atoms with Gasteiger partial charge < -0.3 is 0 Å². The van der Waals surface area contributed by atoms with Crippen molar-refractivity contribution < 1.29 is 4.79 Å². The molecule has 0 aromatic heterocycles. The van der Waals surface area contributed by atoms with Gasteiger partial charge in [-0.2, -0.15) is 0 Å². The molecule has 2 aliphatic carbocycles. The lowest BCUT2D eigenvalue weighted by Crippen LogP contribution is -2.41. The van der Waals surface area contributed by atoms with Gasteiger partial charge in [0.25, 0.3) is 0 Å². The molecule has 0 aromatic carbocycles. The molecule has 2 rings (SSSR count). The van der Waals surface area contributed by atoms with Crippen molar-refractivity contribution in [3.05, 3.63) is 0 Å². The van der Waals surface area contributed by atoms with Crippen molar-refractivity contribution in [1.29, 1.82) is 0 Å². The molecule has 0 saturated heterocycles. The molecule has 1 unspecified atom stereocenters. The smallest absolute Gasteiger partial charge is 0.149 e. The lowest BCUT2D eigenvalue weighted by Gasteiger charge is -2.29. The van der Waals surface area contributed by atoms with Gasteiger partial charge in [-0.25, -0.2) is 0 Å². The number of hydrogen-bond acceptors (Lipinski definition) is 2. The molecule has 74 valence electrons. The number of likely N-dealkylation sites (N-methyl/N-ethyl adjacent to an activating group) is 1. The fourth-order valence-electron chi connectivity index (χ4n) is 2.79. The first-order valence-corrected chi connectivity index (χ1v) is 5.53. The lowest BCUT2D eigenvalue weighted by molar-refractivity contribution is -0.122. The highest BCUT2D eigenvalue weighted by molar-refractivity contribution is 5.85. The van der Waals surface area contributed by atoms with Crippen LogP contribution in [-0.4, -0.2) is 29.8 Å². The van der Waals surface area contributed by atoms with E-state index in [-0.39, 0.29) is 6.04 Å². The van der Waals surface area contributed by atoms with Crippen LogP contribution in [0.2, 0.25) is 0 Å². The third-order valence-corrected chi connectivity index (χ3v) is 3.66. The van der Waals surface area contributed by atoms with Crippen LogP contribution in [0.25, 0.3) is 0 Å². The van der Waals surface area contributed by atoms with Gasteiger partial charge in [0.05, 0.1) is 6.04 Å².